The van der Waals surface area contributed by atoms with Gasteiger partial charge in [-0.25, -0.2) is 0 Å². The Kier molecular flexibility index (Phi) is 3.52. The number of hydrogen-bond acceptors (Lipinski definition) is 1. The molecule has 0 saturated heterocycles. The van der Waals surface area contributed by atoms with Crippen LogP contribution < -0.4 is 0 Å². The number of rotatable bonds is 3. The van der Waals surface area contributed by atoms with Gasteiger partial charge in [-0.15, -0.1) is 0 Å². The first-order valence-corrected chi connectivity index (χ1v) is 5.58. The summed E-state index contributed by atoms with van der Waals surface area (Å²) in [5.41, 5.74) is 0. The van der Waals surface area contributed by atoms with Gasteiger partial charge < -0.3 is 0 Å². The molecule has 1 nitrogen and oxygen atoms in total. The Morgan fingerprint density at radius 3 is 2.46 bits per heavy atom. The molecular formula is C12H22O. The van der Waals surface area contributed by atoms with Gasteiger partial charge in [0.1, 0.15) is 5.78 Å². The van der Waals surface area contributed by atoms with E-state index in [2.05, 4.69) is 20.8 Å². The first-order chi connectivity index (χ1) is 6.07. The quantitative estimate of drug-likeness (QED) is 0.654. The van der Waals surface area contributed by atoms with Gasteiger partial charge in [0, 0.05) is 5.92 Å². The molecule has 0 amide bonds. The summed E-state index contributed by atoms with van der Waals surface area (Å²) in [6.07, 6.45) is 3.64. The molecular weight excluding hydrogens is 160 g/mol. The highest BCUT2D eigenvalue weighted by molar-refractivity contribution is 5.78. The van der Waals surface area contributed by atoms with Crippen molar-refractivity contribution in [1.29, 1.82) is 0 Å². The van der Waals surface area contributed by atoms with Crippen molar-refractivity contribution in [2.24, 2.45) is 23.7 Å². The van der Waals surface area contributed by atoms with Crippen LogP contribution in [-0.4, -0.2) is 5.78 Å². The average Bonchev–Trinajstić information content (AvgIpc) is 2.46. The van der Waals surface area contributed by atoms with Gasteiger partial charge in [-0.05, 0) is 37.5 Å². The Morgan fingerprint density at radius 2 is 2.08 bits per heavy atom. The molecule has 1 heteroatoms. The Labute approximate surface area is 81.9 Å². The van der Waals surface area contributed by atoms with E-state index in [1.54, 1.807) is 6.92 Å². The maximum Gasteiger partial charge on any atom is 0.133 e. The number of Topliss-reactive ketones (excluding diaryl/α,β-unsaturated/α-hetero) is 1. The van der Waals surface area contributed by atoms with Crippen molar-refractivity contribution < 1.29 is 4.79 Å². The monoisotopic (exact) mass is 182 g/mol. The Balaban J connectivity index is 2.59. The van der Waals surface area contributed by atoms with Crippen molar-refractivity contribution in [3.63, 3.8) is 0 Å². The molecule has 13 heavy (non-hydrogen) atoms. The molecule has 0 N–H and O–H groups in total. The Bertz CT molecular complexity index is 186. The minimum Gasteiger partial charge on any atom is -0.300 e. The minimum atomic E-state index is 0.360. The maximum atomic E-state index is 11.3. The fraction of sp³-hybridized carbons (Fsp3) is 0.917. The Hall–Kier alpha value is -0.330. The largest absolute Gasteiger partial charge is 0.300 e. The van der Waals surface area contributed by atoms with Crippen LogP contribution in [0, 0.1) is 23.7 Å². The summed E-state index contributed by atoms with van der Waals surface area (Å²) in [5, 5.41) is 0. The molecule has 0 bridgehead atoms. The summed E-state index contributed by atoms with van der Waals surface area (Å²) >= 11 is 0. The van der Waals surface area contributed by atoms with Crippen LogP contribution in [0.1, 0.15) is 47.0 Å². The summed E-state index contributed by atoms with van der Waals surface area (Å²) < 4.78 is 0. The molecule has 1 saturated carbocycles. The number of carbonyl (C=O) groups excluding carboxylic acids is 1. The van der Waals surface area contributed by atoms with Gasteiger partial charge in [0.25, 0.3) is 0 Å². The maximum absolute atomic E-state index is 11.3. The van der Waals surface area contributed by atoms with E-state index >= 15 is 0 Å². The SMILES string of the molecule is CCC(C)C1CC[C@@H](C(C)=O)[C@@H]1C. The number of carbonyl (C=O) groups is 1. The normalized spacial score (nSPS) is 36.2. The van der Waals surface area contributed by atoms with Crippen LogP contribution in [0.2, 0.25) is 0 Å². The van der Waals surface area contributed by atoms with E-state index in [0.29, 0.717) is 17.6 Å². The first-order valence-electron chi connectivity index (χ1n) is 5.58. The molecule has 0 heterocycles. The zero-order chi connectivity index (χ0) is 10.0. The van der Waals surface area contributed by atoms with E-state index in [-0.39, 0.29) is 0 Å². The molecule has 1 rings (SSSR count). The summed E-state index contributed by atoms with van der Waals surface area (Å²) in [7, 11) is 0. The van der Waals surface area contributed by atoms with Gasteiger partial charge in [-0.2, -0.15) is 0 Å². The third kappa shape index (κ3) is 2.12. The van der Waals surface area contributed by atoms with E-state index in [9.17, 15) is 4.79 Å². The van der Waals surface area contributed by atoms with Crippen molar-refractivity contribution >= 4 is 5.78 Å². The third-order valence-electron chi connectivity index (χ3n) is 4.02. The molecule has 0 aromatic rings. The summed E-state index contributed by atoms with van der Waals surface area (Å²) in [6, 6.07) is 0. The lowest BCUT2D eigenvalue weighted by Crippen LogP contribution is -2.21. The molecule has 76 valence electrons. The van der Waals surface area contributed by atoms with E-state index in [4.69, 9.17) is 0 Å². The topological polar surface area (TPSA) is 17.1 Å². The van der Waals surface area contributed by atoms with Gasteiger partial charge in [-0.3, -0.25) is 4.79 Å². The fourth-order valence-electron chi connectivity index (χ4n) is 2.88. The van der Waals surface area contributed by atoms with Crippen molar-refractivity contribution in [2.75, 3.05) is 0 Å². The molecule has 1 fully saturated rings. The fourth-order valence-corrected chi connectivity index (χ4v) is 2.88. The van der Waals surface area contributed by atoms with Crippen LogP contribution in [0.3, 0.4) is 0 Å². The minimum absolute atomic E-state index is 0.360. The van der Waals surface area contributed by atoms with E-state index < -0.39 is 0 Å². The van der Waals surface area contributed by atoms with Gasteiger partial charge in [-0.1, -0.05) is 27.2 Å². The van der Waals surface area contributed by atoms with Crippen molar-refractivity contribution in [1.82, 2.24) is 0 Å². The lowest BCUT2D eigenvalue weighted by atomic mass is 9.81. The van der Waals surface area contributed by atoms with E-state index in [0.717, 1.165) is 18.3 Å². The molecule has 0 aliphatic heterocycles. The van der Waals surface area contributed by atoms with E-state index in [1.807, 2.05) is 0 Å². The zero-order valence-electron chi connectivity index (χ0n) is 9.34. The van der Waals surface area contributed by atoms with Crippen molar-refractivity contribution in [3.05, 3.63) is 0 Å². The van der Waals surface area contributed by atoms with Gasteiger partial charge in [0.05, 0.1) is 0 Å². The highest BCUT2D eigenvalue weighted by Gasteiger charge is 2.37. The number of ketones is 1. The summed E-state index contributed by atoms with van der Waals surface area (Å²) in [5.74, 6) is 2.96. The summed E-state index contributed by atoms with van der Waals surface area (Å²) in [6.45, 7) is 8.58. The van der Waals surface area contributed by atoms with Crippen molar-refractivity contribution in [2.45, 2.75) is 47.0 Å². The number of hydrogen-bond donors (Lipinski definition) is 0. The van der Waals surface area contributed by atoms with Crippen LogP contribution in [-0.2, 0) is 4.79 Å². The molecule has 0 radical (unpaired) electrons. The molecule has 1 aliphatic rings. The van der Waals surface area contributed by atoms with Crippen LogP contribution in [0.5, 0.6) is 0 Å². The average molecular weight is 182 g/mol. The molecule has 0 aromatic heterocycles. The summed E-state index contributed by atoms with van der Waals surface area (Å²) in [4.78, 5) is 11.3. The second kappa shape index (κ2) is 4.26. The van der Waals surface area contributed by atoms with Crippen LogP contribution in [0.25, 0.3) is 0 Å². The third-order valence-corrected chi connectivity index (χ3v) is 4.02. The highest BCUT2D eigenvalue weighted by Crippen LogP contribution is 2.42. The highest BCUT2D eigenvalue weighted by atomic mass is 16.1. The van der Waals surface area contributed by atoms with Crippen LogP contribution >= 0.6 is 0 Å². The molecule has 0 aromatic carbocycles. The second-order valence-electron chi connectivity index (χ2n) is 4.70. The van der Waals surface area contributed by atoms with E-state index in [1.165, 1.54) is 12.8 Å². The first kappa shape index (κ1) is 10.7. The standard InChI is InChI=1S/C12H22O/c1-5-8(2)11-6-7-12(9(11)3)10(4)13/h8-9,11-12H,5-7H2,1-4H3/t8?,9-,11?,12-/m1/s1. The molecule has 0 spiro atoms. The van der Waals surface area contributed by atoms with Crippen LogP contribution in [0.15, 0.2) is 0 Å². The second-order valence-corrected chi connectivity index (χ2v) is 4.70. The van der Waals surface area contributed by atoms with Gasteiger partial charge >= 0.3 is 0 Å². The lowest BCUT2D eigenvalue weighted by molar-refractivity contribution is -0.121. The molecule has 1 aliphatic carbocycles. The van der Waals surface area contributed by atoms with Gasteiger partial charge in [0.15, 0.2) is 0 Å². The molecule has 2 unspecified atom stereocenters. The predicted molar refractivity (Wildman–Crippen MR) is 55.5 cm³/mol. The van der Waals surface area contributed by atoms with Gasteiger partial charge in [0.2, 0.25) is 0 Å². The smallest absolute Gasteiger partial charge is 0.133 e. The predicted octanol–water partition coefficient (Wildman–Crippen LogP) is 3.28. The molecule has 4 atom stereocenters. The lowest BCUT2D eigenvalue weighted by Gasteiger charge is -2.24. The van der Waals surface area contributed by atoms with Crippen molar-refractivity contribution in [3.8, 4) is 0 Å². The Morgan fingerprint density at radius 1 is 1.46 bits per heavy atom. The van der Waals surface area contributed by atoms with Crippen LogP contribution in [0.4, 0.5) is 0 Å². The zero-order valence-corrected chi connectivity index (χ0v) is 9.34.